The Labute approximate surface area is 79.5 Å². The Hall–Kier alpha value is 0.110. The maximum Gasteiger partial charge on any atom is 0.330 e. The van der Waals surface area contributed by atoms with Gasteiger partial charge in [-0.15, -0.1) is 0 Å². The van der Waals surface area contributed by atoms with Gasteiger partial charge in [-0.2, -0.15) is 0 Å². The van der Waals surface area contributed by atoms with E-state index in [1.165, 1.54) is 27.1 Å². The second-order valence-electron chi connectivity index (χ2n) is 3.28. The van der Waals surface area contributed by atoms with Crippen LogP contribution in [0.5, 0.6) is 0 Å². The first-order valence-corrected chi connectivity index (χ1v) is 6.37. The van der Waals surface area contributed by atoms with Gasteiger partial charge in [0.1, 0.15) is 0 Å². The van der Waals surface area contributed by atoms with E-state index >= 15 is 0 Å². The van der Waals surface area contributed by atoms with Gasteiger partial charge in [0, 0.05) is 20.3 Å². The van der Waals surface area contributed by atoms with Crippen LogP contribution in [0.4, 0.5) is 0 Å². The lowest BCUT2D eigenvalue weighted by Gasteiger charge is -2.15. The minimum Gasteiger partial charge on any atom is -0.314 e. The van der Waals surface area contributed by atoms with Crippen molar-refractivity contribution in [3.8, 4) is 0 Å². The highest BCUT2D eigenvalue weighted by Gasteiger charge is 2.24. The highest BCUT2D eigenvalue weighted by Crippen LogP contribution is 2.47. The average molecular weight is 207 g/mol. The molecule has 0 spiro atoms. The van der Waals surface area contributed by atoms with Crippen molar-refractivity contribution in [2.45, 2.75) is 25.3 Å². The van der Waals surface area contributed by atoms with E-state index in [0.29, 0.717) is 12.2 Å². The second-order valence-corrected chi connectivity index (χ2v) is 5.68. The minimum absolute atomic E-state index is 0.499. The molecule has 1 heterocycles. The smallest absolute Gasteiger partial charge is 0.314 e. The fourth-order valence-electron chi connectivity index (χ4n) is 1.57. The summed E-state index contributed by atoms with van der Waals surface area (Å²) in [6, 6.07) is 0.499. The molecule has 0 aromatic carbocycles. The number of nitrogens with one attached hydrogen (secondary N) is 1. The first kappa shape index (κ1) is 11.2. The zero-order valence-corrected chi connectivity index (χ0v) is 9.18. The summed E-state index contributed by atoms with van der Waals surface area (Å²) < 4.78 is 21.3. The SMILES string of the molecule is COP(=O)(CCC1CCCN1)OC. The second kappa shape index (κ2) is 5.11. The topological polar surface area (TPSA) is 47.6 Å². The standard InChI is InChI=1S/C8H18NO3P/c1-11-13(10,12-2)7-5-8-4-3-6-9-8/h8-9H,3-7H2,1-2H3. The molecule has 0 aliphatic carbocycles. The Bertz CT molecular complexity index is 184. The highest BCUT2D eigenvalue weighted by molar-refractivity contribution is 7.53. The van der Waals surface area contributed by atoms with E-state index in [1.807, 2.05) is 0 Å². The lowest BCUT2D eigenvalue weighted by molar-refractivity contribution is 0.274. The van der Waals surface area contributed by atoms with E-state index in [1.54, 1.807) is 0 Å². The highest BCUT2D eigenvalue weighted by atomic mass is 31.2. The molecule has 0 radical (unpaired) electrons. The summed E-state index contributed by atoms with van der Waals surface area (Å²) in [4.78, 5) is 0. The van der Waals surface area contributed by atoms with Crippen LogP contribution in [-0.4, -0.2) is 33.0 Å². The Morgan fingerprint density at radius 1 is 1.46 bits per heavy atom. The molecule has 0 saturated carbocycles. The summed E-state index contributed by atoms with van der Waals surface area (Å²) in [5.41, 5.74) is 0. The Morgan fingerprint density at radius 3 is 2.62 bits per heavy atom. The number of hydrogen-bond acceptors (Lipinski definition) is 4. The quantitative estimate of drug-likeness (QED) is 0.696. The van der Waals surface area contributed by atoms with Crippen LogP contribution in [0.25, 0.3) is 0 Å². The number of hydrogen-bond donors (Lipinski definition) is 1. The largest absolute Gasteiger partial charge is 0.330 e. The lowest BCUT2D eigenvalue weighted by atomic mass is 10.2. The van der Waals surface area contributed by atoms with Crippen LogP contribution in [-0.2, 0) is 13.6 Å². The van der Waals surface area contributed by atoms with Crippen molar-refractivity contribution in [2.24, 2.45) is 0 Å². The molecular formula is C8H18NO3P. The molecule has 1 atom stereocenters. The predicted octanol–water partition coefficient (Wildman–Crippen LogP) is 1.61. The summed E-state index contributed by atoms with van der Waals surface area (Å²) in [6.07, 6.45) is 3.78. The van der Waals surface area contributed by atoms with Gasteiger partial charge in [-0.25, -0.2) is 0 Å². The molecule has 1 saturated heterocycles. The minimum atomic E-state index is -2.77. The van der Waals surface area contributed by atoms with Crippen LogP contribution in [0.15, 0.2) is 0 Å². The van der Waals surface area contributed by atoms with E-state index in [-0.39, 0.29) is 0 Å². The van der Waals surface area contributed by atoms with Crippen LogP contribution in [0.2, 0.25) is 0 Å². The van der Waals surface area contributed by atoms with Crippen molar-refractivity contribution < 1.29 is 13.6 Å². The van der Waals surface area contributed by atoms with Gasteiger partial charge < -0.3 is 14.4 Å². The Morgan fingerprint density at radius 2 is 2.15 bits per heavy atom. The van der Waals surface area contributed by atoms with Crippen molar-refractivity contribution >= 4 is 7.60 Å². The third kappa shape index (κ3) is 3.39. The third-order valence-electron chi connectivity index (χ3n) is 2.47. The van der Waals surface area contributed by atoms with E-state index in [4.69, 9.17) is 9.05 Å². The molecule has 78 valence electrons. The summed E-state index contributed by atoms with van der Waals surface area (Å²) in [5, 5.41) is 3.35. The van der Waals surface area contributed by atoms with E-state index in [9.17, 15) is 4.57 Å². The van der Waals surface area contributed by atoms with Crippen molar-refractivity contribution in [1.29, 1.82) is 0 Å². The fraction of sp³-hybridized carbons (Fsp3) is 1.00. The molecule has 4 nitrogen and oxygen atoms in total. The van der Waals surface area contributed by atoms with Gasteiger partial charge in [0.25, 0.3) is 0 Å². The maximum absolute atomic E-state index is 11.6. The molecule has 1 N–H and O–H groups in total. The van der Waals surface area contributed by atoms with Crippen molar-refractivity contribution in [3.63, 3.8) is 0 Å². The average Bonchev–Trinajstić information content (AvgIpc) is 2.67. The normalized spacial score (nSPS) is 23.7. The summed E-state index contributed by atoms with van der Waals surface area (Å²) >= 11 is 0. The Kier molecular flexibility index (Phi) is 4.39. The van der Waals surface area contributed by atoms with Gasteiger partial charge >= 0.3 is 7.60 Å². The van der Waals surface area contributed by atoms with E-state index < -0.39 is 7.60 Å². The van der Waals surface area contributed by atoms with Crippen LogP contribution >= 0.6 is 7.60 Å². The molecule has 1 aliphatic rings. The fourth-order valence-corrected chi connectivity index (χ4v) is 2.72. The molecule has 1 fully saturated rings. The van der Waals surface area contributed by atoms with Crippen molar-refractivity contribution in [1.82, 2.24) is 5.32 Å². The summed E-state index contributed by atoms with van der Waals surface area (Å²) in [6.45, 7) is 1.08. The first-order valence-electron chi connectivity index (χ1n) is 4.64. The molecule has 13 heavy (non-hydrogen) atoms. The molecular weight excluding hydrogens is 189 g/mol. The van der Waals surface area contributed by atoms with Gasteiger partial charge in [0.15, 0.2) is 0 Å². The van der Waals surface area contributed by atoms with Crippen LogP contribution in [0.1, 0.15) is 19.3 Å². The molecule has 1 rings (SSSR count). The van der Waals surface area contributed by atoms with E-state index in [0.717, 1.165) is 13.0 Å². The third-order valence-corrected chi connectivity index (χ3v) is 4.39. The van der Waals surface area contributed by atoms with Gasteiger partial charge in [-0.05, 0) is 25.8 Å². The first-order chi connectivity index (χ1) is 6.20. The molecule has 0 aromatic rings. The maximum atomic E-state index is 11.6. The van der Waals surface area contributed by atoms with Gasteiger partial charge in [0.05, 0.1) is 6.16 Å². The van der Waals surface area contributed by atoms with Crippen molar-refractivity contribution in [3.05, 3.63) is 0 Å². The molecule has 5 heteroatoms. The molecule has 1 unspecified atom stereocenters. The lowest BCUT2D eigenvalue weighted by Crippen LogP contribution is -2.22. The van der Waals surface area contributed by atoms with Crippen LogP contribution in [0, 0.1) is 0 Å². The number of rotatable bonds is 5. The molecule has 0 aromatic heterocycles. The molecule has 1 aliphatic heterocycles. The van der Waals surface area contributed by atoms with Crippen molar-refractivity contribution in [2.75, 3.05) is 26.9 Å². The molecule has 0 amide bonds. The van der Waals surface area contributed by atoms with Gasteiger partial charge in [-0.1, -0.05) is 0 Å². The molecule has 0 bridgehead atoms. The Balaban J connectivity index is 2.27. The van der Waals surface area contributed by atoms with Crippen LogP contribution < -0.4 is 5.32 Å². The van der Waals surface area contributed by atoms with E-state index in [2.05, 4.69) is 5.32 Å². The van der Waals surface area contributed by atoms with Gasteiger partial charge in [-0.3, -0.25) is 4.57 Å². The monoisotopic (exact) mass is 207 g/mol. The van der Waals surface area contributed by atoms with Gasteiger partial charge in [0.2, 0.25) is 0 Å². The summed E-state index contributed by atoms with van der Waals surface area (Å²) in [5.74, 6) is 0. The summed E-state index contributed by atoms with van der Waals surface area (Å²) in [7, 11) is 0.100. The zero-order chi connectivity index (χ0) is 9.73. The van der Waals surface area contributed by atoms with Crippen LogP contribution in [0.3, 0.4) is 0 Å². The zero-order valence-electron chi connectivity index (χ0n) is 8.28. The predicted molar refractivity (Wildman–Crippen MR) is 52.1 cm³/mol.